The van der Waals surface area contributed by atoms with Crippen molar-refractivity contribution in [2.75, 3.05) is 11.9 Å². The highest BCUT2D eigenvalue weighted by molar-refractivity contribution is 7.17. The predicted molar refractivity (Wildman–Crippen MR) is 64.7 cm³/mol. The van der Waals surface area contributed by atoms with Gasteiger partial charge in [0.25, 0.3) is 0 Å². The van der Waals surface area contributed by atoms with Gasteiger partial charge in [0, 0.05) is 13.0 Å². The molecule has 17 heavy (non-hydrogen) atoms. The molecule has 0 radical (unpaired) electrons. The maximum absolute atomic E-state index is 10.8. The lowest BCUT2D eigenvalue weighted by Crippen LogP contribution is -2.03. The molecular formula is C11H12N2O3S. The lowest BCUT2D eigenvalue weighted by atomic mass is 10.3. The molecule has 6 heteroatoms. The first-order chi connectivity index (χ1) is 8.16. The van der Waals surface area contributed by atoms with Gasteiger partial charge < -0.3 is 14.8 Å². The zero-order chi connectivity index (χ0) is 12.3. The summed E-state index contributed by atoms with van der Waals surface area (Å²) in [6, 6.07) is 3.74. The Labute approximate surface area is 102 Å². The largest absolute Gasteiger partial charge is 0.477 e. The van der Waals surface area contributed by atoms with Crippen molar-refractivity contribution in [3.63, 3.8) is 0 Å². The summed E-state index contributed by atoms with van der Waals surface area (Å²) >= 11 is 1.15. The molecule has 2 heterocycles. The number of anilines is 1. The van der Waals surface area contributed by atoms with Gasteiger partial charge in [-0.2, -0.15) is 0 Å². The standard InChI is InChI=1S/C11H12N2O3S/c1-7-9(10(14)15)17-11(13-7)12-5-4-8-3-2-6-16-8/h2-3,6H,4-5H2,1H3,(H,12,13)(H,14,15). The number of rotatable bonds is 5. The van der Waals surface area contributed by atoms with Gasteiger partial charge >= 0.3 is 5.97 Å². The molecule has 0 aliphatic rings. The molecule has 0 unspecified atom stereocenters. The highest BCUT2D eigenvalue weighted by atomic mass is 32.1. The van der Waals surface area contributed by atoms with E-state index in [1.54, 1.807) is 13.2 Å². The van der Waals surface area contributed by atoms with E-state index in [0.717, 1.165) is 23.5 Å². The van der Waals surface area contributed by atoms with Crippen molar-refractivity contribution < 1.29 is 14.3 Å². The van der Waals surface area contributed by atoms with Gasteiger partial charge in [-0.05, 0) is 19.1 Å². The van der Waals surface area contributed by atoms with Crippen LogP contribution in [0.2, 0.25) is 0 Å². The predicted octanol–water partition coefficient (Wildman–Crippen LogP) is 2.40. The molecule has 0 bridgehead atoms. The van der Waals surface area contributed by atoms with Gasteiger partial charge in [-0.1, -0.05) is 11.3 Å². The van der Waals surface area contributed by atoms with Gasteiger partial charge in [-0.25, -0.2) is 9.78 Å². The summed E-state index contributed by atoms with van der Waals surface area (Å²) < 4.78 is 5.19. The molecule has 0 saturated heterocycles. The zero-order valence-electron chi connectivity index (χ0n) is 9.27. The highest BCUT2D eigenvalue weighted by Gasteiger charge is 2.13. The van der Waals surface area contributed by atoms with Crippen LogP contribution in [0.5, 0.6) is 0 Å². The second-order valence-electron chi connectivity index (χ2n) is 3.49. The summed E-state index contributed by atoms with van der Waals surface area (Å²) in [5.74, 6) is -0.0386. The van der Waals surface area contributed by atoms with Crippen LogP contribution in [0.4, 0.5) is 5.13 Å². The van der Waals surface area contributed by atoms with Crippen molar-refractivity contribution in [1.29, 1.82) is 0 Å². The van der Waals surface area contributed by atoms with E-state index in [0.29, 0.717) is 17.4 Å². The number of aryl methyl sites for hydroxylation is 1. The Morgan fingerprint density at radius 1 is 1.65 bits per heavy atom. The van der Waals surface area contributed by atoms with Crippen LogP contribution in [0.25, 0.3) is 0 Å². The second-order valence-corrected chi connectivity index (χ2v) is 4.49. The van der Waals surface area contributed by atoms with Crippen LogP contribution >= 0.6 is 11.3 Å². The quantitative estimate of drug-likeness (QED) is 0.854. The molecule has 0 fully saturated rings. The fourth-order valence-electron chi connectivity index (χ4n) is 1.42. The Balaban J connectivity index is 1.91. The van der Waals surface area contributed by atoms with Gasteiger partial charge in [-0.3, -0.25) is 0 Å². The van der Waals surface area contributed by atoms with E-state index in [1.807, 2.05) is 12.1 Å². The molecule has 0 spiro atoms. The van der Waals surface area contributed by atoms with Crippen LogP contribution in [-0.4, -0.2) is 22.6 Å². The fraction of sp³-hybridized carbons (Fsp3) is 0.273. The first kappa shape index (κ1) is 11.7. The molecule has 90 valence electrons. The molecule has 0 aromatic carbocycles. The van der Waals surface area contributed by atoms with Gasteiger partial charge in [0.1, 0.15) is 10.6 Å². The van der Waals surface area contributed by atoms with E-state index < -0.39 is 5.97 Å². The van der Waals surface area contributed by atoms with Crippen LogP contribution in [0.15, 0.2) is 22.8 Å². The fourth-order valence-corrected chi connectivity index (χ4v) is 2.25. The number of carbonyl (C=O) groups is 1. The van der Waals surface area contributed by atoms with E-state index in [1.165, 1.54) is 0 Å². The monoisotopic (exact) mass is 252 g/mol. The van der Waals surface area contributed by atoms with E-state index in [2.05, 4.69) is 10.3 Å². The number of aromatic nitrogens is 1. The number of carboxylic acids is 1. The van der Waals surface area contributed by atoms with Gasteiger partial charge in [-0.15, -0.1) is 0 Å². The average Bonchev–Trinajstić information content (AvgIpc) is 2.88. The first-order valence-electron chi connectivity index (χ1n) is 5.14. The van der Waals surface area contributed by atoms with Crippen molar-refractivity contribution >= 4 is 22.4 Å². The Kier molecular flexibility index (Phi) is 3.43. The highest BCUT2D eigenvalue weighted by Crippen LogP contribution is 2.22. The molecule has 0 amide bonds. The summed E-state index contributed by atoms with van der Waals surface area (Å²) in [4.78, 5) is 15.3. The third-order valence-electron chi connectivity index (χ3n) is 2.22. The van der Waals surface area contributed by atoms with E-state index in [4.69, 9.17) is 9.52 Å². The van der Waals surface area contributed by atoms with Crippen LogP contribution in [0.1, 0.15) is 21.1 Å². The molecule has 5 nitrogen and oxygen atoms in total. The molecule has 0 aliphatic heterocycles. The Morgan fingerprint density at radius 3 is 3.06 bits per heavy atom. The lowest BCUT2D eigenvalue weighted by Gasteiger charge is -1.99. The average molecular weight is 252 g/mol. The molecule has 0 aliphatic carbocycles. The van der Waals surface area contributed by atoms with Crippen molar-refractivity contribution in [3.8, 4) is 0 Å². The van der Waals surface area contributed by atoms with Crippen LogP contribution in [-0.2, 0) is 6.42 Å². The van der Waals surface area contributed by atoms with Gasteiger partial charge in [0.05, 0.1) is 12.0 Å². The molecule has 0 atom stereocenters. The Bertz CT molecular complexity index is 505. The Morgan fingerprint density at radius 2 is 2.47 bits per heavy atom. The number of hydrogen-bond donors (Lipinski definition) is 2. The third kappa shape index (κ3) is 2.85. The molecule has 2 N–H and O–H groups in total. The Hall–Kier alpha value is -1.82. The number of hydrogen-bond acceptors (Lipinski definition) is 5. The van der Waals surface area contributed by atoms with E-state index >= 15 is 0 Å². The number of thiazole rings is 1. The number of aromatic carboxylic acids is 1. The van der Waals surface area contributed by atoms with Gasteiger partial charge in [0.15, 0.2) is 5.13 Å². The van der Waals surface area contributed by atoms with E-state index in [9.17, 15) is 4.79 Å². The maximum atomic E-state index is 10.8. The number of nitrogens with zero attached hydrogens (tertiary/aromatic N) is 1. The summed E-state index contributed by atoms with van der Waals surface area (Å²) in [6.07, 6.45) is 2.37. The number of nitrogens with one attached hydrogen (secondary N) is 1. The smallest absolute Gasteiger partial charge is 0.347 e. The van der Waals surface area contributed by atoms with Crippen molar-refractivity contribution in [3.05, 3.63) is 34.7 Å². The second kappa shape index (κ2) is 5.01. The molecule has 0 saturated carbocycles. The maximum Gasteiger partial charge on any atom is 0.347 e. The SMILES string of the molecule is Cc1nc(NCCc2ccco2)sc1C(=O)O. The zero-order valence-corrected chi connectivity index (χ0v) is 10.1. The van der Waals surface area contributed by atoms with Gasteiger partial charge in [0.2, 0.25) is 0 Å². The minimum absolute atomic E-state index is 0.283. The molecule has 2 aromatic rings. The number of carboxylic acid groups (broad SMARTS) is 1. The van der Waals surface area contributed by atoms with Crippen molar-refractivity contribution in [1.82, 2.24) is 4.98 Å². The molecule has 2 aromatic heterocycles. The third-order valence-corrected chi connectivity index (χ3v) is 3.32. The summed E-state index contributed by atoms with van der Waals surface area (Å²) in [5.41, 5.74) is 0.544. The van der Waals surface area contributed by atoms with Crippen molar-refractivity contribution in [2.24, 2.45) is 0 Å². The van der Waals surface area contributed by atoms with E-state index in [-0.39, 0.29) is 4.88 Å². The summed E-state index contributed by atoms with van der Waals surface area (Å²) in [6.45, 7) is 2.36. The summed E-state index contributed by atoms with van der Waals surface area (Å²) in [5, 5.41) is 12.6. The number of furan rings is 1. The minimum Gasteiger partial charge on any atom is -0.477 e. The van der Waals surface area contributed by atoms with Crippen LogP contribution < -0.4 is 5.32 Å². The lowest BCUT2D eigenvalue weighted by molar-refractivity contribution is 0.0701. The summed E-state index contributed by atoms with van der Waals surface area (Å²) in [7, 11) is 0. The normalized spacial score (nSPS) is 10.4. The first-order valence-corrected chi connectivity index (χ1v) is 5.95. The minimum atomic E-state index is -0.931. The molecule has 2 rings (SSSR count). The van der Waals surface area contributed by atoms with Crippen LogP contribution in [0, 0.1) is 6.92 Å². The van der Waals surface area contributed by atoms with Crippen molar-refractivity contribution in [2.45, 2.75) is 13.3 Å². The topological polar surface area (TPSA) is 75.4 Å². The molecular weight excluding hydrogens is 240 g/mol. The van der Waals surface area contributed by atoms with Crippen LogP contribution in [0.3, 0.4) is 0 Å².